The van der Waals surface area contributed by atoms with Crippen LogP contribution >= 0.6 is 0 Å². The number of likely N-dealkylation sites (N-methyl/N-ethyl adjacent to an activating group) is 1. The summed E-state index contributed by atoms with van der Waals surface area (Å²) in [6.07, 6.45) is -0.586. The fraction of sp³-hybridized carbons (Fsp3) is 0.440. The third-order valence-electron chi connectivity index (χ3n) is 6.90. The second kappa shape index (κ2) is 8.35. The molecule has 0 spiro atoms. The van der Waals surface area contributed by atoms with E-state index in [1.807, 2.05) is 55.5 Å². The number of hydrogen-bond donors (Lipinski definition) is 1. The number of nitrogens with one attached hydrogen (secondary N) is 1. The molecule has 33 heavy (non-hydrogen) atoms. The summed E-state index contributed by atoms with van der Waals surface area (Å²) in [5, 5.41) is 3.57. The molecule has 2 aromatic carbocycles. The number of anilines is 1. The highest BCUT2D eigenvalue weighted by Crippen LogP contribution is 2.38. The summed E-state index contributed by atoms with van der Waals surface area (Å²) in [6, 6.07) is 15.2. The van der Waals surface area contributed by atoms with Gasteiger partial charge >= 0.3 is 6.03 Å². The molecule has 4 atom stereocenters. The van der Waals surface area contributed by atoms with E-state index in [9.17, 15) is 9.59 Å². The lowest BCUT2D eigenvalue weighted by Crippen LogP contribution is -2.66. The first-order chi connectivity index (χ1) is 15.9. The van der Waals surface area contributed by atoms with Crippen molar-refractivity contribution in [3.8, 4) is 5.75 Å². The van der Waals surface area contributed by atoms with Gasteiger partial charge in [0.2, 0.25) is 0 Å². The molecule has 2 aromatic rings. The monoisotopic (exact) mass is 449 g/mol. The smallest absolute Gasteiger partial charge is 0.328 e. The topological polar surface area (TPSA) is 68.4 Å². The van der Waals surface area contributed by atoms with Crippen molar-refractivity contribution in [3.05, 3.63) is 59.7 Å². The molecule has 0 radical (unpaired) electrons. The lowest BCUT2D eigenvalue weighted by atomic mass is 10.0. The largest absolute Gasteiger partial charge is 0.495 e. The van der Waals surface area contributed by atoms with E-state index in [2.05, 4.69) is 22.0 Å². The van der Waals surface area contributed by atoms with Crippen LogP contribution in [0, 0.1) is 12.8 Å². The number of benzene rings is 2. The van der Waals surface area contributed by atoms with E-state index in [0.29, 0.717) is 5.92 Å². The number of urea groups is 1. The predicted molar refractivity (Wildman–Crippen MR) is 126 cm³/mol. The summed E-state index contributed by atoms with van der Waals surface area (Å²) in [5.74, 6) is 0.987. The molecule has 3 fully saturated rings. The Bertz CT molecular complexity index is 1080. The zero-order valence-electron chi connectivity index (χ0n) is 19.6. The molecule has 3 aliphatic rings. The molecule has 4 unspecified atom stereocenters. The third kappa shape index (κ3) is 3.63. The van der Waals surface area contributed by atoms with Crippen LogP contribution in [-0.2, 0) is 11.3 Å². The number of amides is 3. The second-order valence-electron chi connectivity index (χ2n) is 9.36. The lowest BCUT2D eigenvalue weighted by molar-refractivity contribution is -0.139. The van der Waals surface area contributed by atoms with Crippen molar-refractivity contribution in [1.82, 2.24) is 20.0 Å². The van der Waals surface area contributed by atoms with Crippen molar-refractivity contribution in [2.24, 2.45) is 5.92 Å². The van der Waals surface area contributed by atoms with Gasteiger partial charge in [-0.25, -0.2) is 4.79 Å². The van der Waals surface area contributed by atoms with E-state index in [0.717, 1.165) is 35.7 Å². The Kier molecular flexibility index (Phi) is 5.50. The Balaban J connectivity index is 1.47. The number of hydrogen-bond acceptors (Lipinski definition) is 6. The van der Waals surface area contributed by atoms with E-state index in [4.69, 9.17) is 4.74 Å². The van der Waals surface area contributed by atoms with E-state index in [1.165, 1.54) is 4.90 Å². The van der Waals surface area contributed by atoms with Gasteiger partial charge in [-0.3, -0.25) is 19.9 Å². The minimum absolute atomic E-state index is 0.145. The van der Waals surface area contributed by atoms with E-state index >= 15 is 0 Å². The van der Waals surface area contributed by atoms with Crippen LogP contribution in [0.3, 0.4) is 0 Å². The lowest BCUT2D eigenvalue weighted by Gasteiger charge is -2.46. The fourth-order valence-corrected chi connectivity index (χ4v) is 5.41. The van der Waals surface area contributed by atoms with Crippen molar-refractivity contribution in [2.75, 3.05) is 32.1 Å². The first-order valence-electron chi connectivity index (χ1n) is 11.4. The zero-order chi connectivity index (χ0) is 23.3. The quantitative estimate of drug-likeness (QED) is 0.774. The number of carbonyl (C=O) groups excluding carboxylic acids is 2. The van der Waals surface area contributed by atoms with Gasteiger partial charge in [-0.2, -0.15) is 0 Å². The van der Waals surface area contributed by atoms with Gasteiger partial charge in [-0.15, -0.1) is 0 Å². The maximum absolute atomic E-state index is 13.7. The van der Waals surface area contributed by atoms with Crippen molar-refractivity contribution in [3.63, 3.8) is 0 Å². The highest BCUT2D eigenvalue weighted by molar-refractivity contribution is 6.00. The Morgan fingerprint density at radius 3 is 2.64 bits per heavy atom. The van der Waals surface area contributed by atoms with Crippen molar-refractivity contribution in [1.29, 1.82) is 0 Å². The summed E-state index contributed by atoms with van der Waals surface area (Å²) in [7, 11) is 3.45. The first kappa shape index (κ1) is 21.7. The van der Waals surface area contributed by atoms with Crippen LogP contribution in [0.2, 0.25) is 0 Å². The van der Waals surface area contributed by atoms with Gasteiger partial charge in [0.1, 0.15) is 24.2 Å². The summed E-state index contributed by atoms with van der Waals surface area (Å²) in [4.78, 5) is 34.5. The molecular weight excluding hydrogens is 418 g/mol. The summed E-state index contributed by atoms with van der Waals surface area (Å²) < 4.78 is 5.63. The van der Waals surface area contributed by atoms with Crippen LogP contribution in [0.25, 0.3) is 0 Å². The average Bonchev–Trinajstić information content (AvgIpc) is 3.19. The molecule has 3 saturated heterocycles. The maximum Gasteiger partial charge on any atom is 0.328 e. The number of fused-ring (bicyclic) bond motifs is 3. The standard InChI is InChI=1S/C25H31N5O3/c1-16-8-7-9-18(12-16)15-30-23(31)21-22(27(3)25(30)32)26-24-28(13-17(2)14-29(21)24)19-10-5-6-11-20(19)33-4/h5-12,17,21-22,24,26H,13-15H2,1-4H3. The van der Waals surface area contributed by atoms with Crippen LogP contribution in [0.1, 0.15) is 18.1 Å². The van der Waals surface area contributed by atoms with Crippen LogP contribution in [0.4, 0.5) is 10.5 Å². The van der Waals surface area contributed by atoms with E-state index < -0.39 is 6.04 Å². The van der Waals surface area contributed by atoms with Crippen LogP contribution in [0.5, 0.6) is 5.75 Å². The number of imide groups is 1. The predicted octanol–water partition coefficient (Wildman–Crippen LogP) is 2.44. The SMILES string of the molecule is COc1ccccc1N1CC(C)CN2C3C(=O)N(Cc4cccc(C)c4)C(=O)N(C)C3NC12. The van der Waals surface area contributed by atoms with Crippen molar-refractivity contribution in [2.45, 2.75) is 38.9 Å². The molecule has 1 N–H and O–H groups in total. The second-order valence-corrected chi connectivity index (χ2v) is 9.36. The van der Waals surface area contributed by atoms with Crippen molar-refractivity contribution < 1.29 is 14.3 Å². The van der Waals surface area contributed by atoms with Crippen LogP contribution < -0.4 is 15.0 Å². The molecule has 8 nitrogen and oxygen atoms in total. The maximum atomic E-state index is 13.7. The van der Waals surface area contributed by atoms with Gasteiger partial charge in [0.05, 0.1) is 19.3 Å². The van der Waals surface area contributed by atoms with Crippen LogP contribution in [0.15, 0.2) is 48.5 Å². The Morgan fingerprint density at radius 2 is 1.88 bits per heavy atom. The summed E-state index contributed by atoms with van der Waals surface area (Å²) >= 11 is 0. The number of rotatable bonds is 4. The Hall–Kier alpha value is -3.10. The normalized spacial score (nSPS) is 27.6. The number of aryl methyl sites for hydroxylation is 1. The molecule has 0 aromatic heterocycles. The molecular formula is C25H31N5O3. The minimum Gasteiger partial charge on any atom is -0.495 e. The Labute approximate surface area is 194 Å². The van der Waals surface area contributed by atoms with E-state index in [1.54, 1.807) is 19.1 Å². The van der Waals surface area contributed by atoms with Gasteiger partial charge in [0.15, 0.2) is 0 Å². The first-order valence-corrected chi connectivity index (χ1v) is 11.4. The number of nitrogens with zero attached hydrogens (tertiary/aromatic N) is 4. The highest BCUT2D eigenvalue weighted by Gasteiger charge is 2.56. The van der Waals surface area contributed by atoms with E-state index in [-0.39, 0.29) is 30.9 Å². The molecule has 0 saturated carbocycles. The van der Waals surface area contributed by atoms with Crippen LogP contribution in [-0.4, -0.2) is 72.4 Å². The summed E-state index contributed by atoms with van der Waals surface area (Å²) in [5.41, 5.74) is 3.04. The average molecular weight is 450 g/mol. The van der Waals surface area contributed by atoms with Gasteiger partial charge in [0.25, 0.3) is 5.91 Å². The van der Waals surface area contributed by atoms with Crippen molar-refractivity contribution >= 4 is 17.6 Å². The molecule has 3 amide bonds. The van der Waals surface area contributed by atoms with Gasteiger partial charge in [-0.05, 0) is 30.5 Å². The summed E-state index contributed by atoms with van der Waals surface area (Å²) in [6.45, 7) is 6.08. The molecule has 5 rings (SSSR count). The third-order valence-corrected chi connectivity index (χ3v) is 6.90. The number of para-hydroxylation sites is 2. The number of carbonyl (C=O) groups is 2. The van der Waals surface area contributed by atoms with Gasteiger partial charge in [-0.1, -0.05) is 48.9 Å². The molecule has 174 valence electrons. The molecule has 3 heterocycles. The minimum atomic E-state index is -0.442. The molecule has 0 bridgehead atoms. The Morgan fingerprint density at radius 1 is 1.09 bits per heavy atom. The number of methoxy groups -OCH3 is 1. The molecule has 0 aliphatic carbocycles. The number of ether oxygens (including phenoxy) is 1. The molecule has 8 heteroatoms. The zero-order valence-corrected chi connectivity index (χ0v) is 19.6. The van der Waals surface area contributed by atoms with Gasteiger partial charge < -0.3 is 14.5 Å². The fourth-order valence-electron chi connectivity index (χ4n) is 5.41. The highest BCUT2D eigenvalue weighted by atomic mass is 16.5. The van der Waals surface area contributed by atoms with Gasteiger partial charge in [0, 0.05) is 20.1 Å². The molecule has 3 aliphatic heterocycles.